The van der Waals surface area contributed by atoms with Gasteiger partial charge in [-0.3, -0.25) is 0 Å². The van der Waals surface area contributed by atoms with Crippen molar-refractivity contribution in [3.63, 3.8) is 0 Å². The minimum Gasteiger partial charge on any atom is -0.500 e. The van der Waals surface area contributed by atoms with Gasteiger partial charge in [0.2, 0.25) is 0 Å². The van der Waals surface area contributed by atoms with Crippen molar-refractivity contribution >= 4 is 29.2 Å². The van der Waals surface area contributed by atoms with E-state index in [9.17, 15) is 0 Å². The Morgan fingerprint density at radius 3 is 2.80 bits per heavy atom. The molecule has 0 radical (unpaired) electrons. The van der Waals surface area contributed by atoms with Crippen LogP contribution < -0.4 is 5.32 Å². The molecule has 62 valence electrons. The summed E-state index contributed by atoms with van der Waals surface area (Å²) in [6.45, 7) is 4.57. The molecule has 0 fully saturated rings. The second kappa shape index (κ2) is 9.17. The summed E-state index contributed by atoms with van der Waals surface area (Å²) in [4.78, 5) is 0. The Kier molecular flexibility index (Phi) is 11.7. The molecular weight excluding hydrogens is 218 g/mol. The smallest absolute Gasteiger partial charge is 0.500 e. The molecule has 0 bridgehead atoms. The quantitative estimate of drug-likeness (QED) is 0.248. The topological polar surface area (TPSA) is 21.3 Å². The van der Waals surface area contributed by atoms with E-state index < -0.39 is 0 Å². The van der Waals surface area contributed by atoms with Crippen LogP contribution in [0.5, 0.6) is 0 Å². The SMILES string of the molecule is C=COCCNC(=S)[S-].[Cu+]. The van der Waals surface area contributed by atoms with E-state index >= 15 is 0 Å². The molecule has 0 aromatic heterocycles. The predicted octanol–water partition coefficient (Wildman–Crippen LogP) is 0.565. The van der Waals surface area contributed by atoms with Crippen LogP contribution in [0.15, 0.2) is 12.8 Å². The van der Waals surface area contributed by atoms with E-state index in [1.54, 1.807) is 0 Å². The Labute approximate surface area is 82.3 Å². The van der Waals surface area contributed by atoms with Gasteiger partial charge in [-0.25, -0.2) is 0 Å². The number of ether oxygens (including phenoxy) is 1. The summed E-state index contributed by atoms with van der Waals surface area (Å²) in [6, 6.07) is 0. The van der Waals surface area contributed by atoms with Crippen molar-refractivity contribution in [2.75, 3.05) is 13.2 Å². The normalized spacial score (nSPS) is 7.20. The summed E-state index contributed by atoms with van der Waals surface area (Å²) < 4.78 is 5.16. The van der Waals surface area contributed by atoms with Gasteiger partial charge < -0.3 is 34.9 Å². The van der Waals surface area contributed by atoms with E-state index in [4.69, 9.17) is 4.74 Å². The molecule has 0 aromatic carbocycles. The molecule has 5 heteroatoms. The molecule has 0 aliphatic carbocycles. The molecule has 0 heterocycles. The first-order chi connectivity index (χ1) is 4.27. The van der Waals surface area contributed by atoms with Crippen molar-refractivity contribution in [2.45, 2.75) is 0 Å². The molecule has 0 amide bonds. The number of thiocarbonyl (C=S) groups is 1. The van der Waals surface area contributed by atoms with Crippen LogP contribution in [0.2, 0.25) is 0 Å². The van der Waals surface area contributed by atoms with Crippen molar-refractivity contribution in [1.29, 1.82) is 0 Å². The Morgan fingerprint density at radius 2 is 2.40 bits per heavy atom. The third-order valence-electron chi connectivity index (χ3n) is 0.607. The molecule has 0 aromatic rings. The predicted molar refractivity (Wildman–Crippen MR) is 44.1 cm³/mol. The molecule has 0 saturated carbocycles. The monoisotopic (exact) mass is 225 g/mol. The second-order valence-corrected chi connectivity index (χ2v) is 2.33. The van der Waals surface area contributed by atoms with Crippen LogP contribution in [0, 0.1) is 0 Å². The van der Waals surface area contributed by atoms with E-state index in [0.29, 0.717) is 17.5 Å². The van der Waals surface area contributed by atoms with E-state index in [0.717, 1.165) is 0 Å². The summed E-state index contributed by atoms with van der Waals surface area (Å²) in [5.74, 6) is 0. The fourth-order valence-electron chi connectivity index (χ4n) is 0.295. The van der Waals surface area contributed by atoms with E-state index in [-0.39, 0.29) is 17.1 Å². The zero-order valence-electron chi connectivity index (χ0n) is 5.22. The van der Waals surface area contributed by atoms with Crippen LogP contribution >= 0.6 is 12.2 Å². The van der Waals surface area contributed by atoms with E-state index in [1.165, 1.54) is 6.26 Å². The van der Waals surface area contributed by atoms with Gasteiger partial charge in [0.1, 0.15) is 6.61 Å². The largest absolute Gasteiger partial charge is 1.00 e. The van der Waals surface area contributed by atoms with Gasteiger partial charge in [0.25, 0.3) is 0 Å². The maximum atomic E-state index is 4.78. The van der Waals surface area contributed by atoms with Crippen molar-refractivity contribution in [2.24, 2.45) is 0 Å². The molecule has 2 nitrogen and oxygen atoms in total. The van der Waals surface area contributed by atoms with Gasteiger partial charge >= 0.3 is 17.1 Å². The van der Waals surface area contributed by atoms with Crippen LogP contribution in [0.1, 0.15) is 0 Å². The van der Waals surface area contributed by atoms with Crippen molar-refractivity contribution in [3.05, 3.63) is 12.8 Å². The van der Waals surface area contributed by atoms with Gasteiger partial charge in [-0.15, -0.1) is 0 Å². The second-order valence-electron chi connectivity index (χ2n) is 1.25. The van der Waals surface area contributed by atoms with Gasteiger partial charge in [-0.05, 0) is 0 Å². The molecule has 1 N–H and O–H groups in total. The van der Waals surface area contributed by atoms with E-state index in [2.05, 4.69) is 36.7 Å². The van der Waals surface area contributed by atoms with Crippen molar-refractivity contribution in [3.8, 4) is 0 Å². The fraction of sp³-hybridized carbons (Fsp3) is 0.400. The molecule has 0 spiro atoms. The minimum atomic E-state index is 0. The summed E-state index contributed by atoms with van der Waals surface area (Å²) in [5, 5.41) is 2.75. The van der Waals surface area contributed by atoms with Gasteiger partial charge in [-0.1, -0.05) is 10.9 Å². The molecule has 0 rings (SSSR count). The van der Waals surface area contributed by atoms with Gasteiger partial charge in [-0.2, -0.15) is 0 Å². The Balaban J connectivity index is 0. The van der Waals surface area contributed by atoms with E-state index in [1.807, 2.05) is 0 Å². The zero-order valence-corrected chi connectivity index (χ0v) is 7.80. The Morgan fingerprint density at radius 1 is 1.80 bits per heavy atom. The summed E-state index contributed by atoms with van der Waals surface area (Å²) >= 11 is 9.13. The van der Waals surface area contributed by atoms with Gasteiger partial charge in [0.05, 0.1) is 6.26 Å². The summed E-state index contributed by atoms with van der Waals surface area (Å²) in [7, 11) is 0. The third kappa shape index (κ3) is 11.0. The number of nitrogens with one attached hydrogen (secondary N) is 1. The zero-order chi connectivity index (χ0) is 7.11. The summed E-state index contributed by atoms with van der Waals surface area (Å²) in [5.41, 5.74) is 0. The fourth-order valence-corrected chi connectivity index (χ4v) is 0.499. The molecule has 0 unspecified atom stereocenters. The molecule has 0 saturated heterocycles. The van der Waals surface area contributed by atoms with Crippen molar-refractivity contribution < 1.29 is 21.8 Å². The minimum absolute atomic E-state index is 0. The summed E-state index contributed by atoms with van der Waals surface area (Å²) in [6.07, 6.45) is 1.38. The van der Waals surface area contributed by atoms with Crippen LogP contribution in [0.4, 0.5) is 0 Å². The molecule has 0 atom stereocenters. The van der Waals surface area contributed by atoms with Crippen LogP contribution in [0.3, 0.4) is 0 Å². The molecule has 0 aliphatic heterocycles. The maximum absolute atomic E-state index is 4.78. The van der Waals surface area contributed by atoms with Gasteiger partial charge in [0, 0.05) is 6.54 Å². The maximum Gasteiger partial charge on any atom is 1.00 e. The number of rotatable bonds is 4. The number of hydrogen-bond acceptors (Lipinski definition) is 3. The Bertz CT molecular complexity index is 110. The average Bonchev–Trinajstić information content (AvgIpc) is 1.80. The first kappa shape index (κ1) is 12.8. The molecule has 10 heavy (non-hydrogen) atoms. The third-order valence-corrected chi connectivity index (χ3v) is 0.896. The van der Waals surface area contributed by atoms with Crippen molar-refractivity contribution in [1.82, 2.24) is 5.32 Å². The first-order valence-electron chi connectivity index (χ1n) is 2.44. The molecular formula is C5H8CuNOS2. The average molecular weight is 226 g/mol. The first-order valence-corrected chi connectivity index (χ1v) is 3.26. The standard InChI is InChI=1S/C5H9NOS2.Cu/c1-2-7-4-3-6-5(8)9;/h2H,1,3-4H2,(H2,6,8,9);/q;+1/p-1. The number of hydrogen-bond donors (Lipinski definition) is 1. The Hall–Kier alpha value is 0.169. The van der Waals surface area contributed by atoms with Crippen LogP contribution in [-0.4, -0.2) is 17.5 Å². The van der Waals surface area contributed by atoms with Crippen LogP contribution in [-0.2, 0) is 34.4 Å². The van der Waals surface area contributed by atoms with Gasteiger partial charge in [0.15, 0.2) is 0 Å². The molecule has 0 aliphatic rings. The van der Waals surface area contributed by atoms with Crippen LogP contribution in [0.25, 0.3) is 0 Å².